The molecule has 0 spiro atoms. The molecule has 2 aromatic rings. The second-order valence-electron chi connectivity index (χ2n) is 7.62. The third-order valence-electron chi connectivity index (χ3n) is 5.36. The molecule has 7 nitrogen and oxygen atoms in total. The molecule has 0 unspecified atom stereocenters. The van der Waals surface area contributed by atoms with E-state index in [1.54, 1.807) is 18.2 Å². The van der Waals surface area contributed by atoms with Gasteiger partial charge in [-0.05, 0) is 42.7 Å². The topological polar surface area (TPSA) is 96.0 Å². The minimum absolute atomic E-state index is 0.197. The van der Waals surface area contributed by atoms with E-state index in [9.17, 15) is 14.0 Å². The monoisotopic (exact) mass is 413 g/mol. The van der Waals surface area contributed by atoms with Crippen LogP contribution in [0.5, 0.6) is 0 Å². The van der Waals surface area contributed by atoms with Crippen molar-refractivity contribution in [1.82, 2.24) is 20.8 Å². The Morgan fingerprint density at radius 1 is 1.03 bits per heavy atom. The SMILES string of the molecule is O=C(N[C@@H](CC1CCCCC1)C(=O)NCCNc1ccc(F)cc1)c1ccnnc1. The maximum atomic E-state index is 13.0. The Hall–Kier alpha value is -3.03. The van der Waals surface area contributed by atoms with Gasteiger partial charge in [0.1, 0.15) is 11.9 Å². The molecule has 1 heterocycles. The number of aromatic nitrogens is 2. The van der Waals surface area contributed by atoms with Crippen LogP contribution in [0.1, 0.15) is 48.9 Å². The molecule has 30 heavy (non-hydrogen) atoms. The van der Waals surface area contributed by atoms with Crippen molar-refractivity contribution < 1.29 is 14.0 Å². The fourth-order valence-electron chi connectivity index (χ4n) is 3.74. The van der Waals surface area contributed by atoms with Crippen LogP contribution in [0.2, 0.25) is 0 Å². The number of rotatable bonds is 9. The fourth-order valence-corrected chi connectivity index (χ4v) is 3.74. The zero-order valence-electron chi connectivity index (χ0n) is 16.9. The second kappa shape index (κ2) is 11.2. The lowest BCUT2D eigenvalue weighted by Gasteiger charge is -2.26. The van der Waals surface area contributed by atoms with Crippen LogP contribution in [0.15, 0.2) is 42.7 Å². The normalized spacial score (nSPS) is 15.2. The minimum Gasteiger partial charge on any atom is -0.383 e. The van der Waals surface area contributed by atoms with E-state index in [0.29, 0.717) is 31.0 Å². The third kappa shape index (κ3) is 6.79. The van der Waals surface area contributed by atoms with Crippen molar-refractivity contribution >= 4 is 17.5 Å². The number of hydrogen-bond donors (Lipinski definition) is 3. The molecular formula is C22H28FN5O2. The fraction of sp³-hybridized carbons (Fsp3) is 0.455. The van der Waals surface area contributed by atoms with E-state index in [2.05, 4.69) is 26.1 Å². The first kappa shape index (κ1) is 21.7. The summed E-state index contributed by atoms with van der Waals surface area (Å²) < 4.78 is 13.0. The van der Waals surface area contributed by atoms with Crippen LogP contribution in [0.25, 0.3) is 0 Å². The van der Waals surface area contributed by atoms with Gasteiger partial charge in [-0.2, -0.15) is 10.2 Å². The quantitative estimate of drug-likeness (QED) is 0.550. The Morgan fingerprint density at radius 3 is 2.50 bits per heavy atom. The third-order valence-corrected chi connectivity index (χ3v) is 5.36. The van der Waals surface area contributed by atoms with Crippen molar-refractivity contribution in [1.29, 1.82) is 0 Å². The maximum absolute atomic E-state index is 13.0. The Labute approximate surface area is 175 Å². The molecular weight excluding hydrogens is 385 g/mol. The highest BCUT2D eigenvalue weighted by molar-refractivity contribution is 5.97. The van der Waals surface area contributed by atoms with Crippen LogP contribution in [0.4, 0.5) is 10.1 Å². The molecule has 160 valence electrons. The molecule has 1 aliphatic carbocycles. The lowest BCUT2D eigenvalue weighted by Crippen LogP contribution is -2.48. The van der Waals surface area contributed by atoms with Crippen LogP contribution in [-0.4, -0.2) is 41.1 Å². The molecule has 1 fully saturated rings. The van der Waals surface area contributed by atoms with Gasteiger partial charge >= 0.3 is 0 Å². The van der Waals surface area contributed by atoms with Crippen molar-refractivity contribution in [3.05, 3.63) is 54.1 Å². The van der Waals surface area contributed by atoms with Gasteiger partial charge in [-0.1, -0.05) is 32.1 Å². The average molecular weight is 413 g/mol. The highest BCUT2D eigenvalue weighted by Crippen LogP contribution is 2.27. The van der Waals surface area contributed by atoms with Crippen LogP contribution in [-0.2, 0) is 4.79 Å². The molecule has 1 saturated carbocycles. The van der Waals surface area contributed by atoms with E-state index in [0.717, 1.165) is 18.5 Å². The number of anilines is 1. The van der Waals surface area contributed by atoms with Crippen molar-refractivity contribution in [2.75, 3.05) is 18.4 Å². The number of nitrogens with zero attached hydrogens (tertiary/aromatic N) is 2. The van der Waals surface area contributed by atoms with E-state index in [4.69, 9.17) is 0 Å². The summed E-state index contributed by atoms with van der Waals surface area (Å²) >= 11 is 0. The molecule has 1 aromatic carbocycles. The summed E-state index contributed by atoms with van der Waals surface area (Å²) in [7, 11) is 0. The molecule has 1 aromatic heterocycles. The molecule has 2 amide bonds. The van der Waals surface area contributed by atoms with Crippen molar-refractivity contribution in [2.45, 2.75) is 44.6 Å². The maximum Gasteiger partial charge on any atom is 0.253 e. The smallest absolute Gasteiger partial charge is 0.253 e. The summed E-state index contributed by atoms with van der Waals surface area (Å²) in [5, 5.41) is 16.3. The predicted molar refractivity (Wildman–Crippen MR) is 112 cm³/mol. The standard InChI is InChI=1S/C22H28FN5O2/c23-18-6-8-19(9-7-18)24-12-13-25-22(30)20(14-16-4-2-1-3-5-16)28-21(29)17-10-11-26-27-15-17/h6-11,15-16,20,24H,1-5,12-14H2,(H,25,30)(H,28,29)/t20-/m0/s1. The number of amides is 2. The van der Waals surface area contributed by atoms with Crippen LogP contribution in [0, 0.1) is 11.7 Å². The number of halogens is 1. The first-order valence-electron chi connectivity index (χ1n) is 10.5. The molecule has 3 N–H and O–H groups in total. The van der Waals surface area contributed by atoms with Gasteiger partial charge in [0.25, 0.3) is 5.91 Å². The van der Waals surface area contributed by atoms with Gasteiger partial charge < -0.3 is 16.0 Å². The zero-order valence-corrected chi connectivity index (χ0v) is 16.9. The van der Waals surface area contributed by atoms with Gasteiger partial charge in [0.05, 0.1) is 18.0 Å². The lowest BCUT2D eigenvalue weighted by atomic mass is 9.84. The first-order chi connectivity index (χ1) is 14.6. The molecule has 8 heteroatoms. The molecule has 0 saturated heterocycles. The predicted octanol–water partition coefficient (Wildman–Crippen LogP) is 2.91. The lowest BCUT2D eigenvalue weighted by molar-refractivity contribution is -0.123. The highest BCUT2D eigenvalue weighted by atomic mass is 19.1. The van der Waals surface area contributed by atoms with Gasteiger partial charge in [0.2, 0.25) is 5.91 Å². The highest BCUT2D eigenvalue weighted by Gasteiger charge is 2.26. The van der Waals surface area contributed by atoms with Gasteiger partial charge in [0, 0.05) is 18.8 Å². The van der Waals surface area contributed by atoms with Gasteiger partial charge in [-0.3, -0.25) is 9.59 Å². The Morgan fingerprint density at radius 2 is 1.80 bits per heavy atom. The molecule has 0 bridgehead atoms. The van der Waals surface area contributed by atoms with E-state index < -0.39 is 6.04 Å². The average Bonchev–Trinajstić information content (AvgIpc) is 2.78. The summed E-state index contributed by atoms with van der Waals surface area (Å²) in [6.45, 7) is 0.889. The minimum atomic E-state index is -0.598. The molecule has 0 radical (unpaired) electrons. The number of carbonyl (C=O) groups excluding carboxylic acids is 2. The van der Waals surface area contributed by atoms with Gasteiger partial charge in [0.15, 0.2) is 0 Å². The Balaban J connectivity index is 1.53. The summed E-state index contributed by atoms with van der Waals surface area (Å²) in [4.78, 5) is 25.4. The molecule has 1 atom stereocenters. The van der Waals surface area contributed by atoms with Gasteiger partial charge in [-0.15, -0.1) is 0 Å². The van der Waals surface area contributed by atoms with Crippen LogP contribution >= 0.6 is 0 Å². The van der Waals surface area contributed by atoms with E-state index in [-0.39, 0.29) is 17.6 Å². The molecule has 1 aliphatic rings. The number of benzene rings is 1. The largest absolute Gasteiger partial charge is 0.383 e. The van der Waals surface area contributed by atoms with Crippen LogP contribution < -0.4 is 16.0 Å². The van der Waals surface area contributed by atoms with E-state index in [1.165, 1.54) is 43.8 Å². The number of hydrogen-bond acceptors (Lipinski definition) is 5. The Kier molecular flexibility index (Phi) is 8.11. The van der Waals surface area contributed by atoms with Crippen LogP contribution in [0.3, 0.4) is 0 Å². The molecule has 3 rings (SSSR count). The summed E-state index contributed by atoms with van der Waals surface area (Å²) in [6, 6.07) is 7.03. The second-order valence-corrected chi connectivity index (χ2v) is 7.62. The van der Waals surface area contributed by atoms with Crippen molar-refractivity contribution in [3.8, 4) is 0 Å². The van der Waals surface area contributed by atoms with Crippen molar-refractivity contribution in [2.24, 2.45) is 5.92 Å². The number of carbonyl (C=O) groups is 2. The first-order valence-corrected chi connectivity index (χ1v) is 10.5. The van der Waals surface area contributed by atoms with Gasteiger partial charge in [-0.25, -0.2) is 4.39 Å². The summed E-state index contributed by atoms with van der Waals surface area (Å²) in [5.74, 6) is -0.385. The number of nitrogens with one attached hydrogen (secondary N) is 3. The van der Waals surface area contributed by atoms with Crippen molar-refractivity contribution in [3.63, 3.8) is 0 Å². The van der Waals surface area contributed by atoms with E-state index in [1.807, 2.05) is 0 Å². The molecule has 0 aliphatic heterocycles. The zero-order chi connectivity index (χ0) is 21.2. The Bertz CT molecular complexity index is 810. The summed E-state index contributed by atoms with van der Waals surface area (Å²) in [6.07, 6.45) is 9.21. The summed E-state index contributed by atoms with van der Waals surface area (Å²) in [5.41, 5.74) is 1.16. The van der Waals surface area contributed by atoms with E-state index >= 15 is 0 Å².